The molecule has 4 rings (SSSR count). The van der Waals surface area contributed by atoms with Crippen LogP contribution < -0.4 is 5.43 Å². The lowest BCUT2D eigenvalue weighted by atomic mass is 10.0. The van der Waals surface area contributed by atoms with Gasteiger partial charge in [0.25, 0.3) is 5.91 Å². The Hall–Kier alpha value is -2.38. The third-order valence-corrected chi connectivity index (χ3v) is 7.62. The third-order valence-electron chi connectivity index (χ3n) is 7.62. The minimum Gasteiger partial charge on any atom is -0.341 e. The first kappa shape index (κ1) is 24.7. The number of unbranched alkanes of at least 4 members (excludes halogenated alkanes) is 2. The van der Waals surface area contributed by atoms with Crippen LogP contribution in [-0.2, 0) is 9.59 Å². The number of rotatable bonds is 8. The zero-order valence-corrected chi connectivity index (χ0v) is 21.3. The molecule has 0 aromatic heterocycles. The lowest BCUT2D eigenvalue weighted by molar-refractivity contribution is -0.143. The van der Waals surface area contributed by atoms with Gasteiger partial charge >= 0.3 is 0 Å². The van der Waals surface area contributed by atoms with Crippen molar-refractivity contribution in [3.63, 3.8) is 0 Å². The average molecular weight is 468 g/mol. The van der Waals surface area contributed by atoms with Crippen LogP contribution in [0.25, 0.3) is 0 Å². The molecular weight excluding hydrogens is 426 g/mol. The fraction of sp³-hybridized carbons (Fsp3) is 0.630. The Labute approximate surface area is 204 Å². The summed E-state index contributed by atoms with van der Waals surface area (Å²) in [6.07, 6.45) is 8.50. The van der Waals surface area contributed by atoms with E-state index in [4.69, 9.17) is 0 Å². The van der Waals surface area contributed by atoms with Crippen LogP contribution in [0.2, 0.25) is 0 Å². The van der Waals surface area contributed by atoms with Crippen LogP contribution in [0.1, 0.15) is 62.6 Å². The summed E-state index contributed by atoms with van der Waals surface area (Å²) in [5, 5.41) is 2.09. The summed E-state index contributed by atoms with van der Waals surface area (Å²) in [5.74, 6) is 0.0401. The van der Waals surface area contributed by atoms with Crippen molar-refractivity contribution >= 4 is 11.8 Å². The van der Waals surface area contributed by atoms with Crippen molar-refractivity contribution in [2.24, 2.45) is 0 Å². The number of carbonyl (C=O) groups excluding carboxylic acids is 2. The summed E-state index contributed by atoms with van der Waals surface area (Å²) in [6.45, 7) is 6.61. The van der Waals surface area contributed by atoms with E-state index >= 15 is 0 Å². The molecule has 0 bridgehead atoms. The molecule has 186 valence electrons. The van der Waals surface area contributed by atoms with E-state index in [2.05, 4.69) is 67.5 Å². The second-order valence-corrected chi connectivity index (χ2v) is 10.4. The number of nitrogens with one attached hydrogen (secondary N) is 1. The number of nitrogens with zero attached hydrogens (tertiary/aromatic N) is 4. The zero-order chi connectivity index (χ0) is 24.2. The Balaban J connectivity index is 1.46. The maximum absolute atomic E-state index is 13.5. The number of amides is 2. The minimum atomic E-state index is -0.0367. The number of hydrogen-bond acceptors (Lipinski definition) is 5. The summed E-state index contributed by atoms with van der Waals surface area (Å²) >= 11 is 0. The number of fused-ring (bicyclic) bond motifs is 1. The van der Waals surface area contributed by atoms with Gasteiger partial charge in [-0.1, -0.05) is 56.0 Å². The van der Waals surface area contributed by atoms with Crippen LogP contribution in [0.4, 0.5) is 0 Å². The van der Waals surface area contributed by atoms with E-state index in [1.54, 1.807) is 4.90 Å². The van der Waals surface area contributed by atoms with E-state index in [-0.39, 0.29) is 30.4 Å². The van der Waals surface area contributed by atoms with Crippen molar-refractivity contribution in [2.75, 3.05) is 40.3 Å². The fourth-order valence-electron chi connectivity index (χ4n) is 5.38. The van der Waals surface area contributed by atoms with Gasteiger partial charge in [0.1, 0.15) is 12.2 Å². The van der Waals surface area contributed by atoms with Gasteiger partial charge in [0.15, 0.2) is 0 Å². The number of hydrogen-bond donors (Lipinski definition) is 1. The number of piperazine rings is 1. The second-order valence-electron chi connectivity index (χ2n) is 10.4. The topological polar surface area (TPSA) is 59.1 Å². The molecular formula is C27H41N5O2. The molecule has 2 saturated heterocycles. The average Bonchev–Trinajstić information content (AvgIpc) is 3.28. The van der Waals surface area contributed by atoms with Gasteiger partial charge in [-0.25, -0.2) is 5.43 Å². The largest absolute Gasteiger partial charge is 0.341 e. The van der Waals surface area contributed by atoms with Gasteiger partial charge in [-0.3, -0.25) is 14.6 Å². The van der Waals surface area contributed by atoms with Gasteiger partial charge in [0.2, 0.25) is 5.91 Å². The smallest absolute Gasteiger partial charge is 0.271 e. The predicted molar refractivity (Wildman–Crippen MR) is 135 cm³/mol. The third kappa shape index (κ3) is 5.47. The quantitative estimate of drug-likeness (QED) is 0.596. The Morgan fingerprint density at radius 1 is 1.12 bits per heavy atom. The van der Waals surface area contributed by atoms with Gasteiger partial charge in [-0.15, -0.1) is 0 Å². The lowest BCUT2D eigenvalue weighted by Gasteiger charge is -2.42. The molecule has 1 N–H and O–H groups in total. The van der Waals surface area contributed by atoms with E-state index in [1.807, 2.05) is 11.0 Å². The highest BCUT2D eigenvalue weighted by molar-refractivity contribution is 5.96. The normalized spacial score (nSPS) is 23.5. The molecule has 3 heterocycles. The molecule has 2 amide bonds. The molecule has 2 atom stereocenters. The fourth-order valence-corrected chi connectivity index (χ4v) is 5.38. The molecule has 7 nitrogen and oxygen atoms in total. The highest BCUT2D eigenvalue weighted by Gasteiger charge is 2.41. The molecule has 3 aliphatic rings. The molecule has 2 fully saturated rings. The highest BCUT2D eigenvalue weighted by atomic mass is 16.2. The number of hydrazine groups is 1. The molecule has 1 aromatic rings. The zero-order valence-electron chi connectivity index (χ0n) is 21.3. The van der Waals surface area contributed by atoms with Crippen LogP contribution in [0.3, 0.4) is 0 Å². The number of benzene rings is 1. The minimum absolute atomic E-state index is 0.0195. The SMILES string of the molecule is CCCCCC1CN(CC(=O)N2CCC(N(C)C)CC2)C(=O)C2=CC(c3ccc(C)cc3)NN21. The maximum Gasteiger partial charge on any atom is 0.271 e. The van der Waals surface area contributed by atoms with Gasteiger partial charge in [0, 0.05) is 25.7 Å². The van der Waals surface area contributed by atoms with Crippen molar-refractivity contribution < 1.29 is 9.59 Å². The van der Waals surface area contributed by atoms with E-state index in [1.165, 1.54) is 18.4 Å². The Morgan fingerprint density at radius 2 is 1.82 bits per heavy atom. The van der Waals surface area contributed by atoms with Gasteiger partial charge in [0.05, 0.1) is 12.1 Å². The molecule has 0 saturated carbocycles. The molecule has 7 heteroatoms. The first-order valence-electron chi connectivity index (χ1n) is 12.9. The predicted octanol–water partition coefficient (Wildman–Crippen LogP) is 3.08. The number of carbonyl (C=O) groups is 2. The van der Waals surface area contributed by atoms with E-state index in [9.17, 15) is 9.59 Å². The molecule has 34 heavy (non-hydrogen) atoms. The Bertz CT molecular complexity index is 889. The number of aryl methyl sites for hydroxylation is 1. The summed E-state index contributed by atoms with van der Waals surface area (Å²) in [6, 6.07) is 9.16. The van der Waals surface area contributed by atoms with Gasteiger partial charge in [-0.05, 0) is 51.9 Å². The molecule has 1 aromatic carbocycles. The molecule has 3 aliphatic heterocycles. The number of piperidine rings is 1. The summed E-state index contributed by atoms with van der Waals surface area (Å²) in [7, 11) is 4.21. The van der Waals surface area contributed by atoms with Crippen LogP contribution in [-0.4, -0.2) is 83.9 Å². The van der Waals surface area contributed by atoms with Crippen molar-refractivity contribution in [2.45, 2.75) is 70.5 Å². The van der Waals surface area contributed by atoms with Gasteiger partial charge in [-0.2, -0.15) is 0 Å². The first-order chi connectivity index (χ1) is 16.4. The van der Waals surface area contributed by atoms with Crippen molar-refractivity contribution in [3.05, 3.63) is 47.2 Å². The standard InChI is InChI=1S/C27H41N5O2/c1-5-6-7-8-23-18-31(19-26(33)30-15-13-22(14-16-30)29(3)4)27(34)25-17-24(28-32(23)25)21-11-9-20(2)10-12-21/h9-12,17,22-24,28H,5-8,13-16,18-19H2,1-4H3. The van der Waals surface area contributed by atoms with Crippen LogP contribution in [0.15, 0.2) is 36.0 Å². The van der Waals surface area contributed by atoms with Crippen LogP contribution in [0, 0.1) is 6.92 Å². The van der Waals surface area contributed by atoms with Crippen molar-refractivity contribution in [3.8, 4) is 0 Å². The Kier molecular flexibility index (Phi) is 7.94. The van der Waals surface area contributed by atoms with Crippen molar-refractivity contribution in [1.29, 1.82) is 0 Å². The summed E-state index contributed by atoms with van der Waals surface area (Å²) < 4.78 is 0. The summed E-state index contributed by atoms with van der Waals surface area (Å²) in [4.78, 5) is 32.6. The monoisotopic (exact) mass is 467 g/mol. The lowest BCUT2D eigenvalue weighted by Crippen LogP contribution is -2.58. The van der Waals surface area contributed by atoms with Crippen molar-refractivity contribution in [1.82, 2.24) is 25.1 Å². The van der Waals surface area contributed by atoms with E-state index in [0.29, 0.717) is 18.3 Å². The molecule has 0 radical (unpaired) electrons. The first-order valence-corrected chi connectivity index (χ1v) is 12.9. The van der Waals surface area contributed by atoms with E-state index < -0.39 is 0 Å². The molecule has 0 aliphatic carbocycles. The Morgan fingerprint density at radius 3 is 2.47 bits per heavy atom. The molecule has 0 spiro atoms. The maximum atomic E-state index is 13.5. The van der Waals surface area contributed by atoms with E-state index in [0.717, 1.165) is 44.3 Å². The van der Waals surface area contributed by atoms with Gasteiger partial charge < -0.3 is 14.7 Å². The second kappa shape index (κ2) is 10.9. The van der Waals surface area contributed by atoms with Crippen LogP contribution in [0.5, 0.6) is 0 Å². The number of likely N-dealkylation sites (tertiary alicyclic amines) is 1. The highest BCUT2D eigenvalue weighted by Crippen LogP contribution is 2.32. The molecule has 2 unspecified atom stereocenters. The summed E-state index contributed by atoms with van der Waals surface area (Å²) in [5.41, 5.74) is 6.65. The van der Waals surface area contributed by atoms with Crippen LogP contribution >= 0.6 is 0 Å².